The van der Waals surface area contributed by atoms with Crippen LogP contribution in [0.1, 0.15) is 40.0 Å². The highest BCUT2D eigenvalue weighted by molar-refractivity contribution is 6.20. The Morgan fingerprint density at radius 2 is 2.21 bits per heavy atom. The summed E-state index contributed by atoms with van der Waals surface area (Å²) in [6.07, 6.45) is 3.83. The second-order valence-corrected chi connectivity index (χ2v) is 5.50. The van der Waals surface area contributed by atoms with Gasteiger partial charge in [-0.3, -0.25) is 0 Å². The molecule has 0 aromatic carbocycles. The van der Waals surface area contributed by atoms with Crippen LogP contribution in [-0.4, -0.2) is 29.9 Å². The molecule has 3 atom stereocenters. The molecule has 1 fully saturated rings. The number of hydrogen-bond acceptors (Lipinski definition) is 1. The second kappa shape index (κ2) is 5.97. The molecule has 0 spiro atoms. The van der Waals surface area contributed by atoms with Gasteiger partial charge in [-0.05, 0) is 31.2 Å². The van der Waals surface area contributed by atoms with Crippen molar-refractivity contribution < 1.29 is 0 Å². The highest BCUT2D eigenvalue weighted by atomic mass is 35.5. The van der Waals surface area contributed by atoms with E-state index in [9.17, 15) is 0 Å². The van der Waals surface area contributed by atoms with Gasteiger partial charge in [-0.15, -0.1) is 11.6 Å². The number of likely N-dealkylation sites (tertiary alicyclic amines) is 1. The molecule has 0 saturated carbocycles. The van der Waals surface area contributed by atoms with E-state index in [1.165, 1.54) is 38.9 Å². The Balaban J connectivity index is 2.25. The van der Waals surface area contributed by atoms with Crippen molar-refractivity contribution in [2.24, 2.45) is 11.8 Å². The van der Waals surface area contributed by atoms with Crippen LogP contribution in [0, 0.1) is 11.8 Å². The maximum atomic E-state index is 6.20. The van der Waals surface area contributed by atoms with Gasteiger partial charge in [0, 0.05) is 18.5 Å². The number of hydrogen-bond donors (Lipinski definition) is 0. The predicted molar refractivity (Wildman–Crippen MR) is 63.9 cm³/mol. The minimum absolute atomic E-state index is 0.410. The summed E-state index contributed by atoms with van der Waals surface area (Å²) in [5, 5.41) is 0.410. The maximum absolute atomic E-state index is 6.20. The first-order chi connectivity index (χ1) is 6.63. The van der Waals surface area contributed by atoms with Crippen molar-refractivity contribution in [1.82, 2.24) is 4.90 Å². The van der Waals surface area contributed by atoms with Gasteiger partial charge in [0.1, 0.15) is 0 Å². The molecule has 1 rings (SSSR count). The van der Waals surface area contributed by atoms with Gasteiger partial charge in [-0.2, -0.15) is 0 Å². The van der Waals surface area contributed by atoms with Crippen LogP contribution >= 0.6 is 11.6 Å². The Labute approximate surface area is 93.8 Å². The normalized spacial score (nSPS) is 31.7. The lowest BCUT2D eigenvalue weighted by atomic mass is 9.97. The van der Waals surface area contributed by atoms with Crippen LogP contribution in [0.3, 0.4) is 0 Å². The Morgan fingerprint density at radius 3 is 2.79 bits per heavy atom. The van der Waals surface area contributed by atoms with Crippen LogP contribution in [0.2, 0.25) is 0 Å². The summed E-state index contributed by atoms with van der Waals surface area (Å²) in [6.45, 7) is 10.6. The molecule has 2 heteroatoms. The largest absolute Gasteiger partial charge is 0.303 e. The highest BCUT2D eigenvalue weighted by Crippen LogP contribution is 2.22. The number of nitrogens with zero attached hydrogens (tertiary/aromatic N) is 1. The van der Waals surface area contributed by atoms with Crippen LogP contribution in [0.25, 0.3) is 0 Å². The third-order valence-electron chi connectivity index (χ3n) is 3.24. The fourth-order valence-electron chi connectivity index (χ4n) is 2.39. The van der Waals surface area contributed by atoms with Crippen LogP contribution in [-0.2, 0) is 0 Å². The zero-order valence-corrected chi connectivity index (χ0v) is 10.6. The van der Waals surface area contributed by atoms with E-state index in [0.29, 0.717) is 11.3 Å². The summed E-state index contributed by atoms with van der Waals surface area (Å²) in [5.74, 6) is 1.51. The fraction of sp³-hybridized carbons (Fsp3) is 1.00. The topological polar surface area (TPSA) is 3.24 Å². The lowest BCUT2D eigenvalue weighted by Gasteiger charge is -2.35. The number of rotatable bonds is 4. The van der Waals surface area contributed by atoms with Crippen LogP contribution in [0.15, 0.2) is 0 Å². The molecule has 14 heavy (non-hydrogen) atoms. The molecule has 1 saturated heterocycles. The molecule has 0 bridgehead atoms. The summed E-state index contributed by atoms with van der Waals surface area (Å²) in [4.78, 5) is 2.59. The zero-order chi connectivity index (χ0) is 10.6. The van der Waals surface area contributed by atoms with Gasteiger partial charge in [0.2, 0.25) is 0 Å². The first kappa shape index (κ1) is 12.3. The number of alkyl halides is 1. The van der Waals surface area contributed by atoms with Crippen molar-refractivity contribution in [2.75, 3.05) is 19.6 Å². The van der Waals surface area contributed by atoms with E-state index >= 15 is 0 Å². The van der Waals surface area contributed by atoms with Crippen molar-refractivity contribution in [3.8, 4) is 0 Å². The average molecular weight is 218 g/mol. The van der Waals surface area contributed by atoms with E-state index in [4.69, 9.17) is 11.6 Å². The molecule has 3 unspecified atom stereocenters. The maximum Gasteiger partial charge on any atom is 0.0386 e. The van der Waals surface area contributed by atoms with E-state index in [1.54, 1.807) is 0 Å². The van der Waals surface area contributed by atoms with Gasteiger partial charge in [0.15, 0.2) is 0 Å². The van der Waals surface area contributed by atoms with E-state index in [0.717, 1.165) is 5.92 Å². The predicted octanol–water partition coefficient (Wildman–Crippen LogP) is 3.37. The molecule has 1 aliphatic rings. The molecule has 1 aliphatic heterocycles. The molecule has 0 amide bonds. The lowest BCUT2D eigenvalue weighted by molar-refractivity contribution is 0.163. The molecule has 0 N–H and O–H groups in total. The van der Waals surface area contributed by atoms with E-state index in [2.05, 4.69) is 25.7 Å². The number of piperidine rings is 1. The number of halogens is 1. The van der Waals surface area contributed by atoms with Gasteiger partial charge < -0.3 is 4.90 Å². The molecule has 1 heterocycles. The summed E-state index contributed by atoms with van der Waals surface area (Å²) >= 11 is 6.20. The van der Waals surface area contributed by atoms with Gasteiger partial charge in [-0.25, -0.2) is 0 Å². The van der Waals surface area contributed by atoms with Crippen molar-refractivity contribution in [2.45, 2.75) is 45.4 Å². The van der Waals surface area contributed by atoms with Crippen LogP contribution in [0.4, 0.5) is 0 Å². The summed E-state index contributed by atoms with van der Waals surface area (Å²) in [6, 6.07) is 0. The third-order valence-corrected chi connectivity index (χ3v) is 3.88. The minimum Gasteiger partial charge on any atom is -0.303 e. The third kappa shape index (κ3) is 3.78. The Kier molecular flexibility index (Phi) is 5.25. The Morgan fingerprint density at radius 1 is 1.50 bits per heavy atom. The molecular weight excluding hydrogens is 194 g/mol. The monoisotopic (exact) mass is 217 g/mol. The summed E-state index contributed by atoms with van der Waals surface area (Å²) in [7, 11) is 0. The highest BCUT2D eigenvalue weighted by Gasteiger charge is 2.24. The molecule has 0 radical (unpaired) electrons. The Hall–Kier alpha value is 0.250. The minimum atomic E-state index is 0.410. The van der Waals surface area contributed by atoms with Crippen molar-refractivity contribution in [3.05, 3.63) is 0 Å². The van der Waals surface area contributed by atoms with Gasteiger partial charge in [-0.1, -0.05) is 27.2 Å². The quantitative estimate of drug-likeness (QED) is 0.653. The standard InChI is InChI=1S/C12H24ClN/c1-4-5-10(2)8-14-7-6-12(13)11(3)9-14/h10-12H,4-9H2,1-3H3. The van der Waals surface area contributed by atoms with Crippen LogP contribution in [0.5, 0.6) is 0 Å². The van der Waals surface area contributed by atoms with E-state index < -0.39 is 0 Å². The van der Waals surface area contributed by atoms with Crippen molar-refractivity contribution in [3.63, 3.8) is 0 Å². The Bertz CT molecular complexity index is 160. The summed E-state index contributed by atoms with van der Waals surface area (Å²) < 4.78 is 0. The second-order valence-electron chi connectivity index (χ2n) is 4.94. The molecule has 0 aromatic rings. The van der Waals surface area contributed by atoms with Crippen molar-refractivity contribution >= 4 is 11.6 Å². The van der Waals surface area contributed by atoms with E-state index in [1.807, 2.05) is 0 Å². The molecular formula is C12H24ClN. The molecule has 84 valence electrons. The van der Waals surface area contributed by atoms with E-state index in [-0.39, 0.29) is 0 Å². The smallest absolute Gasteiger partial charge is 0.0386 e. The SMILES string of the molecule is CCCC(C)CN1CCC(Cl)C(C)C1. The zero-order valence-electron chi connectivity index (χ0n) is 9.80. The fourth-order valence-corrected chi connectivity index (χ4v) is 2.57. The molecule has 0 aliphatic carbocycles. The lowest BCUT2D eigenvalue weighted by Crippen LogP contribution is -2.41. The first-order valence-electron chi connectivity index (χ1n) is 6.00. The van der Waals surface area contributed by atoms with Crippen molar-refractivity contribution in [1.29, 1.82) is 0 Å². The van der Waals surface area contributed by atoms with Gasteiger partial charge >= 0.3 is 0 Å². The average Bonchev–Trinajstić information content (AvgIpc) is 2.12. The molecule has 0 aromatic heterocycles. The summed E-state index contributed by atoms with van der Waals surface area (Å²) in [5.41, 5.74) is 0. The van der Waals surface area contributed by atoms with Gasteiger partial charge in [0.25, 0.3) is 0 Å². The van der Waals surface area contributed by atoms with Gasteiger partial charge in [0.05, 0.1) is 0 Å². The van der Waals surface area contributed by atoms with Crippen LogP contribution < -0.4 is 0 Å². The molecule has 1 nitrogen and oxygen atoms in total. The first-order valence-corrected chi connectivity index (χ1v) is 6.43.